The van der Waals surface area contributed by atoms with Gasteiger partial charge in [-0.05, 0) is 26.7 Å². The summed E-state index contributed by atoms with van der Waals surface area (Å²) in [7, 11) is 0. The minimum Gasteiger partial charge on any atom is -0.340 e. The highest BCUT2D eigenvalue weighted by Gasteiger charge is 2.35. The highest BCUT2D eigenvalue weighted by molar-refractivity contribution is 5.82. The van der Waals surface area contributed by atoms with E-state index >= 15 is 0 Å². The highest BCUT2D eigenvalue weighted by atomic mass is 16.2. The Morgan fingerprint density at radius 3 is 2.22 bits per heavy atom. The van der Waals surface area contributed by atoms with Crippen LogP contribution in [0.2, 0.25) is 0 Å². The van der Waals surface area contributed by atoms with Crippen molar-refractivity contribution in [2.24, 2.45) is 11.1 Å². The number of carbonyl (C=O) groups excluding carboxylic acids is 1. The van der Waals surface area contributed by atoms with Gasteiger partial charge in [0.25, 0.3) is 0 Å². The third-order valence-electron chi connectivity index (χ3n) is 4.56. The van der Waals surface area contributed by atoms with Gasteiger partial charge in [0.2, 0.25) is 5.91 Å². The van der Waals surface area contributed by atoms with Crippen molar-refractivity contribution in [3.63, 3.8) is 0 Å². The fourth-order valence-corrected chi connectivity index (χ4v) is 2.39. The molecule has 1 saturated heterocycles. The van der Waals surface area contributed by atoms with E-state index in [0.29, 0.717) is 12.6 Å². The van der Waals surface area contributed by atoms with E-state index in [1.807, 2.05) is 18.7 Å². The molecule has 0 spiro atoms. The molecule has 0 radical (unpaired) electrons. The molecule has 1 aliphatic rings. The molecule has 0 aromatic heterocycles. The van der Waals surface area contributed by atoms with Crippen LogP contribution in [-0.4, -0.2) is 54.5 Å². The molecule has 0 aliphatic carbocycles. The van der Waals surface area contributed by atoms with Crippen molar-refractivity contribution in [2.75, 3.05) is 32.7 Å². The van der Waals surface area contributed by atoms with Crippen molar-refractivity contribution in [2.45, 2.75) is 46.6 Å². The molecule has 18 heavy (non-hydrogen) atoms. The minimum absolute atomic E-state index is 0.233. The fraction of sp³-hybridized carbons (Fsp3) is 0.929. The summed E-state index contributed by atoms with van der Waals surface area (Å²) >= 11 is 0. The molecule has 4 heteroatoms. The van der Waals surface area contributed by atoms with Gasteiger partial charge in [0.1, 0.15) is 0 Å². The number of hydrogen-bond acceptors (Lipinski definition) is 3. The van der Waals surface area contributed by atoms with E-state index in [4.69, 9.17) is 5.73 Å². The van der Waals surface area contributed by atoms with Crippen LogP contribution >= 0.6 is 0 Å². The van der Waals surface area contributed by atoms with Crippen LogP contribution in [0.25, 0.3) is 0 Å². The maximum absolute atomic E-state index is 12.5. The summed E-state index contributed by atoms with van der Waals surface area (Å²) in [5.74, 6) is 0.233. The number of nitrogens with two attached hydrogens (primary N) is 1. The van der Waals surface area contributed by atoms with Gasteiger partial charge in [0, 0.05) is 38.8 Å². The van der Waals surface area contributed by atoms with Crippen LogP contribution in [0.5, 0.6) is 0 Å². The van der Waals surface area contributed by atoms with Gasteiger partial charge >= 0.3 is 0 Å². The van der Waals surface area contributed by atoms with Crippen molar-refractivity contribution in [3.05, 3.63) is 0 Å². The van der Waals surface area contributed by atoms with Crippen LogP contribution < -0.4 is 5.73 Å². The summed E-state index contributed by atoms with van der Waals surface area (Å²) in [6.07, 6.45) is 1.98. The summed E-state index contributed by atoms with van der Waals surface area (Å²) in [6, 6.07) is 0.620. The molecular weight excluding hydrogens is 226 g/mol. The van der Waals surface area contributed by atoms with Crippen molar-refractivity contribution >= 4 is 5.91 Å². The van der Waals surface area contributed by atoms with Gasteiger partial charge in [-0.15, -0.1) is 0 Å². The molecule has 2 unspecified atom stereocenters. The summed E-state index contributed by atoms with van der Waals surface area (Å²) in [6.45, 7) is 12.6. The Hall–Kier alpha value is -0.610. The van der Waals surface area contributed by atoms with Gasteiger partial charge < -0.3 is 10.6 Å². The highest BCUT2D eigenvalue weighted by Crippen LogP contribution is 2.23. The second-order valence-corrected chi connectivity index (χ2v) is 5.70. The Balaban J connectivity index is 2.55. The standard InChI is InChI=1S/C14H29N3O/c1-5-12(3)16-7-9-17(10-8-16)13(18)14(4,6-2)11-15/h12H,5-11,15H2,1-4H3. The zero-order valence-corrected chi connectivity index (χ0v) is 12.4. The lowest BCUT2D eigenvalue weighted by molar-refractivity contribution is -0.143. The number of nitrogens with zero attached hydrogens (tertiary/aromatic N) is 2. The maximum Gasteiger partial charge on any atom is 0.229 e. The molecule has 1 amide bonds. The predicted octanol–water partition coefficient (Wildman–Crippen LogP) is 1.30. The van der Waals surface area contributed by atoms with Crippen molar-refractivity contribution < 1.29 is 4.79 Å². The lowest BCUT2D eigenvalue weighted by Crippen LogP contribution is -2.55. The molecule has 0 aromatic rings. The number of carbonyl (C=O) groups is 1. The Morgan fingerprint density at radius 1 is 1.28 bits per heavy atom. The second-order valence-electron chi connectivity index (χ2n) is 5.70. The van der Waals surface area contributed by atoms with Gasteiger partial charge in [-0.3, -0.25) is 9.69 Å². The van der Waals surface area contributed by atoms with Crippen LogP contribution in [0.3, 0.4) is 0 Å². The van der Waals surface area contributed by atoms with Crippen LogP contribution in [-0.2, 0) is 4.79 Å². The summed E-state index contributed by atoms with van der Waals surface area (Å²) in [4.78, 5) is 16.9. The zero-order valence-electron chi connectivity index (χ0n) is 12.4. The molecule has 106 valence electrons. The first-order valence-corrected chi connectivity index (χ1v) is 7.22. The number of piperazine rings is 1. The van der Waals surface area contributed by atoms with E-state index in [9.17, 15) is 4.79 Å². The van der Waals surface area contributed by atoms with E-state index in [2.05, 4.69) is 18.7 Å². The summed E-state index contributed by atoms with van der Waals surface area (Å²) in [5, 5.41) is 0. The Kier molecular flexibility index (Phi) is 5.60. The van der Waals surface area contributed by atoms with Gasteiger partial charge in [-0.2, -0.15) is 0 Å². The van der Waals surface area contributed by atoms with Crippen LogP contribution in [0.4, 0.5) is 0 Å². The third kappa shape index (κ3) is 3.23. The fourth-order valence-electron chi connectivity index (χ4n) is 2.39. The van der Waals surface area contributed by atoms with E-state index in [0.717, 1.165) is 32.6 Å². The lowest BCUT2D eigenvalue weighted by Gasteiger charge is -2.41. The average Bonchev–Trinajstić information content (AvgIpc) is 2.44. The van der Waals surface area contributed by atoms with Crippen molar-refractivity contribution in [3.8, 4) is 0 Å². The number of hydrogen-bond donors (Lipinski definition) is 1. The molecular formula is C14H29N3O. The van der Waals surface area contributed by atoms with E-state index in [1.165, 1.54) is 6.42 Å². The molecule has 1 fully saturated rings. The maximum atomic E-state index is 12.5. The molecule has 0 bridgehead atoms. The Bertz CT molecular complexity index is 268. The number of amides is 1. The Morgan fingerprint density at radius 2 is 1.83 bits per heavy atom. The minimum atomic E-state index is -0.376. The molecule has 1 aliphatic heterocycles. The van der Waals surface area contributed by atoms with Crippen LogP contribution in [0, 0.1) is 5.41 Å². The molecule has 4 nitrogen and oxygen atoms in total. The monoisotopic (exact) mass is 255 g/mol. The van der Waals surface area contributed by atoms with Gasteiger partial charge in [-0.25, -0.2) is 0 Å². The van der Waals surface area contributed by atoms with Crippen molar-refractivity contribution in [1.29, 1.82) is 0 Å². The van der Waals surface area contributed by atoms with Crippen LogP contribution in [0.15, 0.2) is 0 Å². The van der Waals surface area contributed by atoms with Gasteiger partial charge in [-0.1, -0.05) is 13.8 Å². The molecule has 2 N–H and O–H groups in total. The first-order chi connectivity index (χ1) is 8.48. The molecule has 0 saturated carbocycles. The van der Waals surface area contributed by atoms with Gasteiger partial charge in [0.15, 0.2) is 0 Å². The zero-order chi connectivity index (χ0) is 13.8. The Labute approximate surface area is 111 Å². The first kappa shape index (κ1) is 15.4. The first-order valence-electron chi connectivity index (χ1n) is 7.22. The van der Waals surface area contributed by atoms with E-state index in [-0.39, 0.29) is 11.3 Å². The smallest absolute Gasteiger partial charge is 0.229 e. The molecule has 2 atom stereocenters. The quantitative estimate of drug-likeness (QED) is 0.805. The largest absolute Gasteiger partial charge is 0.340 e. The predicted molar refractivity (Wildman–Crippen MR) is 75.4 cm³/mol. The molecule has 1 rings (SSSR count). The third-order valence-corrected chi connectivity index (χ3v) is 4.56. The summed E-state index contributed by atoms with van der Waals surface area (Å²) < 4.78 is 0. The second kappa shape index (κ2) is 6.53. The van der Waals surface area contributed by atoms with Crippen LogP contribution in [0.1, 0.15) is 40.5 Å². The normalized spacial score (nSPS) is 22.6. The molecule has 0 aromatic carbocycles. The number of rotatable bonds is 5. The summed E-state index contributed by atoms with van der Waals surface area (Å²) in [5.41, 5.74) is 5.39. The SMILES string of the molecule is CCC(C)N1CCN(C(=O)C(C)(CC)CN)CC1. The van der Waals surface area contributed by atoms with Gasteiger partial charge in [0.05, 0.1) is 5.41 Å². The van der Waals surface area contributed by atoms with Crippen molar-refractivity contribution in [1.82, 2.24) is 9.80 Å². The molecule has 1 heterocycles. The topological polar surface area (TPSA) is 49.6 Å². The van der Waals surface area contributed by atoms with E-state index < -0.39 is 0 Å². The van der Waals surface area contributed by atoms with E-state index in [1.54, 1.807) is 0 Å². The lowest BCUT2D eigenvalue weighted by atomic mass is 9.86. The average molecular weight is 255 g/mol.